The standard InChI is InChI=1S/C25H27N3O/c1-29-24-10-3-2-9-21(24)23-16-27-25-22(23)14-20(15-26-25)19-8-6-7-18(13-19)17-28-11-4-5-12-28/h2-3,6-10,13-15,23H,4-5,11-12,16-17H2,1H3,(H,26,27). The van der Waals surface area contributed by atoms with Crippen LogP contribution < -0.4 is 10.1 Å². The summed E-state index contributed by atoms with van der Waals surface area (Å²) in [5.41, 5.74) is 6.25. The first-order chi connectivity index (χ1) is 14.3. The Bertz CT molecular complexity index is 1010. The first kappa shape index (κ1) is 18.2. The number of rotatable bonds is 5. The second-order valence-corrected chi connectivity index (χ2v) is 8.02. The molecule has 0 saturated carbocycles. The van der Waals surface area contributed by atoms with Crippen LogP contribution in [0.1, 0.15) is 35.4 Å². The zero-order valence-electron chi connectivity index (χ0n) is 16.9. The third-order valence-corrected chi connectivity index (χ3v) is 6.15. The van der Waals surface area contributed by atoms with E-state index < -0.39 is 0 Å². The number of hydrogen-bond donors (Lipinski definition) is 1. The third-order valence-electron chi connectivity index (χ3n) is 6.15. The molecular formula is C25H27N3O. The highest BCUT2D eigenvalue weighted by atomic mass is 16.5. The smallest absolute Gasteiger partial charge is 0.129 e. The third kappa shape index (κ3) is 3.60. The van der Waals surface area contributed by atoms with Crippen molar-refractivity contribution in [3.8, 4) is 16.9 Å². The van der Waals surface area contributed by atoms with Gasteiger partial charge in [0.1, 0.15) is 11.6 Å². The average molecular weight is 386 g/mol. The quantitative estimate of drug-likeness (QED) is 0.677. The minimum absolute atomic E-state index is 0.251. The molecule has 2 aliphatic heterocycles. The van der Waals surface area contributed by atoms with Crippen LogP contribution in [0, 0.1) is 0 Å². The van der Waals surface area contributed by atoms with E-state index in [1.165, 1.54) is 53.7 Å². The van der Waals surface area contributed by atoms with Gasteiger partial charge >= 0.3 is 0 Å². The van der Waals surface area contributed by atoms with Crippen LogP contribution in [0.25, 0.3) is 11.1 Å². The van der Waals surface area contributed by atoms with Gasteiger partial charge in [0, 0.05) is 41.9 Å². The van der Waals surface area contributed by atoms with Gasteiger partial charge in [0.25, 0.3) is 0 Å². The second kappa shape index (κ2) is 7.88. The number of ether oxygens (including phenoxy) is 1. The fourth-order valence-corrected chi connectivity index (χ4v) is 4.64. The predicted molar refractivity (Wildman–Crippen MR) is 118 cm³/mol. The lowest BCUT2D eigenvalue weighted by molar-refractivity contribution is 0.331. The summed E-state index contributed by atoms with van der Waals surface area (Å²) in [6.07, 6.45) is 4.64. The molecule has 0 bridgehead atoms. The first-order valence-corrected chi connectivity index (χ1v) is 10.5. The molecule has 1 atom stereocenters. The molecule has 1 fully saturated rings. The lowest BCUT2D eigenvalue weighted by Crippen LogP contribution is -2.18. The molecule has 148 valence electrons. The topological polar surface area (TPSA) is 37.4 Å². The summed E-state index contributed by atoms with van der Waals surface area (Å²) >= 11 is 0. The van der Waals surface area contributed by atoms with Gasteiger partial charge in [-0.1, -0.05) is 36.4 Å². The SMILES string of the molecule is COc1ccccc1C1CNc2ncc(-c3cccc(CN4CCCC4)c3)cc21. The number of nitrogens with zero attached hydrogens (tertiary/aromatic N) is 2. The van der Waals surface area contributed by atoms with E-state index in [4.69, 9.17) is 9.72 Å². The molecule has 4 heteroatoms. The molecule has 4 nitrogen and oxygen atoms in total. The average Bonchev–Trinajstić information content (AvgIpc) is 3.43. The maximum Gasteiger partial charge on any atom is 0.129 e. The summed E-state index contributed by atoms with van der Waals surface area (Å²) in [6.45, 7) is 4.33. The van der Waals surface area contributed by atoms with Crippen LogP contribution in [0.15, 0.2) is 60.8 Å². The Morgan fingerprint density at radius 3 is 2.72 bits per heavy atom. The van der Waals surface area contributed by atoms with E-state index in [1.54, 1.807) is 7.11 Å². The number of nitrogens with one attached hydrogen (secondary N) is 1. The van der Waals surface area contributed by atoms with E-state index in [1.807, 2.05) is 18.3 Å². The predicted octanol–water partition coefficient (Wildman–Crippen LogP) is 4.91. The Hall–Kier alpha value is -2.85. The van der Waals surface area contributed by atoms with Gasteiger partial charge in [0.05, 0.1) is 7.11 Å². The summed E-state index contributed by atoms with van der Waals surface area (Å²) in [6, 6.07) is 19.5. The van der Waals surface area contributed by atoms with Crippen LogP contribution >= 0.6 is 0 Å². The number of para-hydroxylation sites is 1. The number of likely N-dealkylation sites (tertiary alicyclic amines) is 1. The summed E-state index contributed by atoms with van der Waals surface area (Å²) in [4.78, 5) is 7.28. The minimum Gasteiger partial charge on any atom is -0.496 e. The van der Waals surface area contributed by atoms with E-state index in [0.29, 0.717) is 0 Å². The monoisotopic (exact) mass is 385 g/mol. The van der Waals surface area contributed by atoms with Crippen molar-refractivity contribution in [3.05, 3.63) is 77.5 Å². The zero-order valence-corrected chi connectivity index (χ0v) is 16.9. The lowest BCUT2D eigenvalue weighted by Gasteiger charge is -2.16. The normalized spacial score (nSPS) is 18.4. The minimum atomic E-state index is 0.251. The Kier molecular flexibility index (Phi) is 4.94. The molecule has 0 amide bonds. The molecule has 1 saturated heterocycles. The number of methoxy groups -OCH3 is 1. The maximum absolute atomic E-state index is 5.61. The Morgan fingerprint density at radius 2 is 1.86 bits per heavy atom. The summed E-state index contributed by atoms with van der Waals surface area (Å²) in [7, 11) is 1.74. The molecule has 1 aromatic heterocycles. The van der Waals surface area contributed by atoms with E-state index in [-0.39, 0.29) is 5.92 Å². The van der Waals surface area contributed by atoms with Crippen LogP contribution in [0.2, 0.25) is 0 Å². The highest BCUT2D eigenvalue weighted by Crippen LogP contribution is 2.40. The number of aromatic nitrogens is 1. The second-order valence-electron chi connectivity index (χ2n) is 8.02. The van der Waals surface area contributed by atoms with Crippen molar-refractivity contribution < 1.29 is 4.74 Å². The molecule has 0 spiro atoms. The van der Waals surface area contributed by atoms with Gasteiger partial charge in [-0.3, -0.25) is 4.90 Å². The van der Waals surface area contributed by atoms with Crippen molar-refractivity contribution >= 4 is 5.82 Å². The summed E-state index contributed by atoms with van der Waals surface area (Å²) < 4.78 is 5.61. The molecule has 29 heavy (non-hydrogen) atoms. The Morgan fingerprint density at radius 1 is 1.00 bits per heavy atom. The van der Waals surface area contributed by atoms with Crippen molar-refractivity contribution in [2.75, 3.05) is 32.1 Å². The van der Waals surface area contributed by atoms with Crippen LogP contribution in [-0.2, 0) is 6.54 Å². The fraction of sp³-hybridized carbons (Fsp3) is 0.320. The largest absolute Gasteiger partial charge is 0.496 e. The van der Waals surface area contributed by atoms with E-state index in [0.717, 1.165) is 24.7 Å². The van der Waals surface area contributed by atoms with Crippen LogP contribution in [-0.4, -0.2) is 36.6 Å². The lowest BCUT2D eigenvalue weighted by atomic mass is 9.91. The number of benzene rings is 2. The van der Waals surface area contributed by atoms with E-state index in [9.17, 15) is 0 Å². The maximum atomic E-state index is 5.61. The van der Waals surface area contributed by atoms with Crippen molar-refractivity contribution in [1.29, 1.82) is 0 Å². The van der Waals surface area contributed by atoms with Crippen molar-refractivity contribution in [3.63, 3.8) is 0 Å². The number of fused-ring (bicyclic) bond motifs is 1. The van der Waals surface area contributed by atoms with Crippen LogP contribution in [0.3, 0.4) is 0 Å². The highest BCUT2D eigenvalue weighted by molar-refractivity contribution is 5.69. The zero-order chi connectivity index (χ0) is 19.6. The highest BCUT2D eigenvalue weighted by Gasteiger charge is 2.27. The van der Waals surface area contributed by atoms with Gasteiger partial charge in [0.2, 0.25) is 0 Å². The molecular weight excluding hydrogens is 358 g/mol. The van der Waals surface area contributed by atoms with Crippen molar-refractivity contribution in [2.45, 2.75) is 25.3 Å². The first-order valence-electron chi connectivity index (χ1n) is 10.5. The van der Waals surface area contributed by atoms with Gasteiger partial charge in [-0.05, 0) is 55.3 Å². The summed E-state index contributed by atoms with van der Waals surface area (Å²) in [5.74, 6) is 2.17. The van der Waals surface area contributed by atoms with Crippen LogP contribution in [0.5, 0.6) is 5.75 Å². The number of hydrogen-bond acceptors (Lipinski definition) is 4. The molecule has 2 aromatic carbocycles. The Labute approximate surface area is 172 Å². The summed E-state index contributed by atoms with van der Waals surface area (Å²) in [5, 5.41) is 3.46. The van der Waals surface area contributed by atoms with E-state index >= 15 is 0 Å². The van der Waals surface area contributed by atoms with Gasteiger partial charge in [-0.15, -0.1) is 0 Å². The van der Waals surface area contributed by atoms with Gasteiger partial charge in [-0.2, -0.15) is 0 Å². The molecule has 3 heterocycles. The van der Waals surface area contributed by atoms with Crippen LogP contribution in [0.4, 0.5) is 5.82 Å². The molecule has 1 N–H and O–H groups in total. The van der Waals surface area contributed by atoms with E-state index in [2.05, 4.69) is 52.7 Å². The molecule has 0 aliphatic carbocycles. The van der Waals surface area contributed by atoms with Crippen molar-refractivity contribution in [1.82, 2.24) is 9.88 Å². The van der Waals surface area contributed by atoms with Gasteiger partial charge in [-0.25, -0.2) is 4.98 Å². The fourth-order valence-electron chi connectivity index (χ4n) is 4.64. The molecule has 3 aromatic rings. The van der Waals surface area contributed by atoms with Gasteiger partial charge < -0.3 is 10.1 Å². The number of pyridine rings is 1. The van der Waals surface area contributed by atoms with Gasteiger partial charge in [0.15, 0.2) is 0 Å². The Balaban J connectivity index is 1.46. The molecule has 0 radical (unpaired) electrons. The number of anilines is 1. The van der Waals surface area contributed by atoms with Crippen molar-refractivity contribution in [2.24, 2.45) is 0 Å². The molecule has 2 aliphatic rings. The molecule has 1 unspecified atom stereocenters. The molecule has 5 rings (SSSR count).